The number of carbonyl (C=O) groups excluding carboxylic acids is 2. The van der Waals surface area contributed by atoms with Gasteiger partial charge in [-0.15, -0.1) is 0 Å². The zero-order valence-corrected chi connectivity index (χ0v) is 17.7. The Hall–Kier alpha value is -2.60. The van der Waals surface area contributed by atoms with E-state index in [4.69, 9.17) is 4.42 Å². The van der Waals surface area contributed by atoms with Crippen LogP contribution in [-0.4, -0.2) is 41.2 Å². The Morgan fingerprint density at radius 2 is 1.83 bits per heavy atom. The van der Waals surface area contributed by atoms with E-state index < -0.39 is 0 Å². The first-order chi connectivity index (χ1) is 14.6. The highest BCUT2D eigenvalue weighted by Gasteiger charge is 2.34. The molecule has 0 spiro atoms. The molecule has 2 amide bonds. The van der Waals surface area contributed by atoms with Crippen molar-refractivity contribution in [3.63, 3.8) is 0 Å². The van der Waals surface area contributed by atoms with Crippen LogP contribution in [0.3, 0.4) is 0 Å². The quantitative estimate of drug-likeness (QED) is 0.763. The van der Waals surface area contributed by atoms with Crippen molar-refractivity contribution >= 4 is 11.8 Å². The van der Waals surface area contributed by atoms with Crippen molar-refractivity contribution in [3.05, 3.63) is 59.5 Å². The number of hydrogen-bond donors (Lipinski definition) is 1. The van der Waals surface area contributed by atoms with Gasteiger partial charge in [0, 0.05) is 26.1 Å². The molecule has 0 aliphatic carbocycles. The molecule has 30 heavy (non-hydrogen) atoms. The SMILES string of the molecule is CC1CCN(Cc2ccc(CNC(=O)C3CC(=O)N(Cc4ccco4)C3)cc2)CC1. The highest BCUT2D eigenvalue weighted by atomic mass is 16.3. The summed E-state index contributed by atoms with van der Waals surface area (Å²) < 4.78 is 5.31. The summed E-state index contributed by atoms with van der Waals surface area (Å²) in [4.78, 5) is 29.0. The molecular weight excluding hydrogens is 378 g/mol. The summed E-state index contributed by atoms with van der Waals surface area (Å²) in [5.74, 6) is 1.23. The Morgan fingerprint density at radius 3 is 2.53 bits per heavy atom. The molecule has 0 saturated carbocycles. The molecule has 1 aromatic carbocycles. The van der Waals surface area contributed by atoms with Gasteiger partial charge >= 0.3 is 0 Å². The van der Waals surface area contributed by atoms with Crippen molar-refractivity contribution in [3.8, 4) is 0 Å². The maximum atomic E-state index is 12.5. The van der Waals surface area contributed by atoms with E-state index in [-0.39, 0.29) is 24.2 Å². The molecule has 1 atom stereocenters. The second-order valence-corrected chi connectivity index (χ2v) is 8.75. The average molecular weight is 410 g/mol. The van der Waals surface area contributed by atoms with E-state index in [0.717, 1.165) is 23.8 Å². The molecule has 2 fully saturated rings. The van der Waals surface area contributed by atoms with E-state index in [2.05, 4.69) is 41.4 Å². The monoisotopic (exact) mass is 409 g/mol. The molecule has 1 N–H and O–H groups in total. The third kappa shape index (κ3) is 5.30. The second kappa shape index (κ2) is 9.47. The fraction of sp³-hybridized carbons (Fsp3) is 0.500. The summed E-state index contributed by atoms with van der Waals surface area (Å²) in [6.07, 6.45) is 4.43. The van der Waals surface area contributed by atoms with Gasteiger partial charge in [0.15, 0.2) is 0 Å². The molecule has 6 heteroatoms. The molecule has 2 aromatic rings. The van der Waals surface area contributed by atoms with E-state index in [1.807, 2.05) is 6.07 Å². The van der Waals surface area contributed by atoms with E-state index >= 15 is 0 Å². The van der Waals surface area contributed by atoms with Gasteiger partial charge in [0.2, 0.25) is 11.8 Å². The van der Waals surface area contributed by atoms with E-state index in [1.165, 1.54) is 31.5 Å². The van der Waals surface area contributed by atoms with Crippen molar-refractivity contribution in [2.45, 2.75) is 45.8 Å². The van der Waals surface area contributed by atoms with Crippen molar-refractivity contribution in [1.82, 2.24) is 15.1 Å². The zero-order valence-electron chi connectivity index (χ0n) is 17.7. The number of nitrogens with one attached hydrogen (secondary N) is 1. The number of hydrogen-bond acceptors (Lipinski definition) is 4. The molecule has 160 valence electrons. The van der Waals surface area contributed by atoms with Crippen molar-refractivity contribution < 1.29 is 14.0 Å². The van der Waals surface area contributed by atoms with Crippen LogP contribution in [0.25, 0.3) is 0 Å². The van der Waals surface area contributed by atoms with Gasteiger partial charge in [-0.05, 0) is 55.1 Å². The Labute approximate surface area is 178 Å². The third-order valence-electron chi connectivity index (χ3n) is 6.28. The standard InChI is InChI=1S/C24H31N3O3/c1-18-8-10-26(11-9-18)15-20-6-4-19(5-7-20)14-25-24(29)21-13-23(28)27(16-21)17-22-3-2-12-30-22/h2-7,12,18,21H,8-11,13-17H2,1H3,(H,25,29). The molecule has 2 aliphatic heterocycles. The highest BCUT2D eigenvalue weighted by molar-refractivity contribution is 5.89. The number of benzene rings is 1. The predicted molar refractivity (Wildman–Crippen MR) is 114 cm³/mol. The van der Waals surface area contributed by atoms with Crippen LogP contribution in [0.2, 0.25) is 0 Å². The largest absolute Gasteiger partial charge is 0.467 e. The number of piperidine rings is 1. The zero-order chi connectivity index (χ0) is 20.9. The summed E-state index contributed by atoms with van der Waals surface area (Å²) in [5, 5.41) is 2.99. The fourth-order valence-corrected chi connectivity index (χ4v) is 4.27. The maximum Gasteiger partial charge on any atom is 0.225 e. The lowest BCUT2D eigenvalue weighted by molar-refractivity contribution is -0.129. The lowest BCUT2D eigenvalue weighted by Crippen LogP contribution is -2.32. The molecule has 2 aliphatic rings. The maximum absolute atomic E-state index is 12.5. The van der Waals surface area contributed by atoms with Crippen LogP contribution in [0.15, 0.2) is 47.1 Å². The minimum absolute atomic E-state index is 0.00279. The van der Waals surface area contributed by atoms with Gasteiger partial charge in [-0.2, -0.15) is 0 Å². The topological polar surface area (TPSA) is 65.8 Å². The molecule has 3 heterocycles. The van der Waals surface area contributed by atoms with Gasteiger partial charge in [0.1, 0.15) is 5.76 Å². The number of rotatable bonds is 7. The second-order valence-electron chi connectivity index (χ2n) is 8.75. The van der Waals surface area contributed by atoms with Crippen LogP contribution in [0.5, 0.6) is 0 Å². The Bertz CT molecular complexity index is 839. The summed E-state index contributed by atoms with van der Waals surface area (Å²) in [6.45, 7) is 7.04. The number of amides is 2. The van der Waals surface area contributed by atoms with Gasteiger partial charge in [0.05, 0.1) is 18.7 Å². The van der Waals surface area contributed by atoms with Gasteiger partial charge in [0.25, 0.3) is 0 Å². The minimum atomic E-state index is -0.298. The number of carbonyl (C=O) groups is 2. The van der Waals surface area contributed by atoms with Crippen LogP contribution in [0.4, 0.5) is 0 Å². The third-order valence-corrected chi connectivity index (χ3v) is 6.28. The number of furan rings is 1. The Balaban J connectivity index is 1.22. The van der Waals surface area contributed by atoms with Crippen LogP contribution in [0, 0.1) is 11.8 Å². The Kier molecular flexibility index (Phi) is 6.53. The van der Waals surface area contributed by atoms with Crippen molar-refractivity contribution in [2.24, 2.45) is 11.8 Å². The summed E-state index contributed by atoms with van der Waals surface area (Å²) in [5.41, 5.74) is 2.39. The summed E-state index contributed by atoms with van der Waals surface area (Å²) in [7, 11) is 0. The predicted octanol–water partition coefficient (Wildman–Crippen LogP) is 3.18. The molecule has 0 radical (unpaired) electrons. The molecule has 1 unspecified atom stereocenters. The molecule has 6 nitrogen and oxygen atoms in total. The molecular formula is C24H31N3O3. The van der Waals surface area contributed by atoms with Gasteiger partial charge in [-0.3, -0.25) is 14.5 Å². The highest BCUT2D eigenvalue weighted by Crippen LogP contribution is 2.21. The number of likely N-dealkylation sites (tertiary alicyclic amines) is 2. The molecule has 0 bridgehead atoms. The van der Waals surface area contributed by atoms with Crippen LogP contribution in [-0.2, 0) is 29.2 Å². The van der Waals surface area contributed by atoms with Crippen LogP contribution >= 0.6 is 0 Å². The van der Waals surface area contributed by atoms with Crippen molar-refractivity contribution in [2.75, 3.05) is 19.6 Å². The van der Waals surface area contributed by atoms with Crippen LogP contribution in [0.1, 0.15) is 43.1 Å². The minimum Gasteiger partial charge on any atom is -0.467 e. The first-order valence-electron chi connectivity index (χ1n) is 10.9. The van der Waals surface area contributed by atoms with E-state index in [9.17, 15) is 9.59 Å². The fourth-order valence-electron chi connectivity index (χ4n) is 4.27. The normalized spacial score (nSPS) is 20.6. The van der Waals surface area contributed by atoms with E-state index in [1.54, 1.807) is 17.2 Å². The lowest BCUT2D eigenvalue weighted by atomic mass is 9.99. The molecule has 2 saturated heterocycles. The van der Waals surface area contributed by atoms with Gasteiger partial charge in [-0.1, -0.05) is 31.2 Å². The smallest absolute Gasteiger partial charge is 0.225 e. The molecule has 1 aromatic heterocycles. The summed E-state index contributed by atoms with van der Waals surface area (Å²) in [6, 6.07) is 12.1. The van der Waals surface area contributed by atoms with Gasteiger partial charge in [-0.25, -0.2) is 0 Å². The average Bonchev–Trinajstić information content (AvgIpc) is 3.39. The van der Waals surface area contributed by atoms with E-state index in [0.29, 0.717) is 19.6 Å². The first kappa shape index (κ1) is 20.7. The lowest BCUT2D eigenvalue weighted by Gasteiger charge is -2.30. The van der Waals surface area contributed by atoms with Crippen LogP contribution < -0.4 is 5.32 Å². The summed E-state index contributed by atoms with van der Waals surface area (Å²) >= 11 is 0. The first-order valence-corrected chi connectivity index (χ1v) is 10.9. The molecule has 4 rings (SSSR count). The van der Waals surface area contributed by atoms with Crippen molar-refractivity contribution in [1.29, 1.82) is 0 Å². The Morgan fingerprint density at radius 1 is 1.10 bits per heavy atom. The number of nitrogens with zero attached hydrogens (tertiary/aromatic N) is 2. The van der Waals surface area contributed by atoms with Gasteiger partial charge < -0.3 is 14.6 Å².